The minimum absolute atomic E-state index is 0.0470. The summed E-state index contributed by atoms with van der Waals surface area (Å²) in [5, 5.41) is 9.76. The maximum absolute atomic E-state index is 12.1. The number of H-pyrrole nitrogens is 1. The highest BCUT2D eigenvalue weighted by molar-refractivity contribution is 5.81. The molecular weight excluding hydrogens is 268 g/mol. The molecule has 7 nitrogen and oxygen atoms in total. The Labute approximate surface area is 126 Å². The number of unbranched alkanes of at least 4 members (excludes halogenated alkanes) is 1. The molecule has 1 unspecified atom stereocenters. The molecule has 2 rings (SSSR count). The van der Waals surface area contributed by atoms with E-state index in [1.54, 1.807) is 0 Å². The lowest BCUT2D eigenvalue weighted by molar-refractivity contribution is -0.126. The zero-order valence-corrected chi connectivity index (χ0v) is 13.0. The fourth-order valence-corrected chi connectivity index (χ4v) is 2.53. The van der Waals surface area contributed by atoms with Crippen LogP contribution in [0.15, 0.2) is 6.33 Å². The molecule has 21 heavy (non-hydrogen) atoms. The number of hydrogen-bond acceptors (Lipinski definition) is 5. The molecule has 0 saturated carbocycles. The van der Waals surface area contributed by atoms with Crippen LogP contribution in [-0.4, -0.2) is 69.7 Å². The monoisotopic (exact) mass is 294 g/mol. The lowest BCUT2D eigenvalue weighted by Gasteiger charge is -2.37. The second-order valence-electron chi connectivity index (χ2n) is 5.56. The highest BCUT2D eigenvalue weighted by atomic mass is 16.2. The van der Waals surface area contributed by atoms with Gasteiger partial charge in [0.15, 0.2) is 0 Å². The van der Waals surface area contributed by atoms with E-state index in [4.69, 9.17) is 0 Å². The number of carbonyl (C=O) groups excluding carboxylic acids is 1. The molecule has 0 radical (unpaired) electrons. The highest BCUT2D eigenvalue weighted by Gasteiger charge is 2.25. The molecule has 1 aromatic heterocycles. The Bertz CT molecular complexity index is 413. The van der Waals surface area contributed by atoms with E-state index in [2.05, 4.69) is 37.2 Å². The summed E-state index contributed by atoms with van der Waals surface area (Å²) in [6, 6.07) is -0.0470. The molecule has 1 saturated heterocycles. The molecule has 7 heteroatoms. The maximum atomic E-state index is 12.1. The van der Waals surface area contributed by atoms with Crippen LogP contribution in [0.5, 0.6) is 0 Å². The first-order valence-corrected chi connectivity index (χ1v) is 7.79. The molecule has 0 bridgehead atoms. The third-order valence-electron chi connectivity index (χ3n) is 4.00. The average Bonchev–Trinajstić information content (AvgIpc) is 3.00. The zero-order chi connectivity index (χ0) is 15.1. The molecular formula is C14H26N6O. The Morgan fingerprint density at radius 2 is 2.19 bits per heavy atom. The van der Waals surface area contributed by atoms with Crippen LogP contribution in [0.25, 0.3) is 0 Å². The van der Waals surface area contributed by atoms with Gasteiger partial charge in [0.05, 0.1) is 12.6 Å². The SMILES string of the molecule is CCCCNC(=O)C(C)N1CCN(Cc2ncn[nH]2)CC1. The summed E-state index contributed by atoms with van der Waals surface area (Å²) < 4.78 is 0. The van der Waals surface area contributed by atoms with Crippen molar-refractivity contribution in [3.8, 4) is 0 Å². The van der Waals surface area contributed by atoms with Crippen molar-refractivity contribution in [2.24, 2.45) is 0 Å². The second-order valence-corrected chi connectivity index (χ2v) is 5.56. The number of rotatable bonds is 7. The van der Waals surface area contributed by atoms with E-state index in [0.717, 1.165) is 57.9 Å². The number of aromatic nitrogens is 3. The molecule has 1 aromatic rings. The van der Waals surface area contributed by atoms with Crippen molar-refractivity contribution < 1.29 is 4.79 Å². The summed E-state index contributed by atoms with van der Waals surface area (Å²) in [6.45, 7) is 9.43. The lowest BCUT2D eigenvalue weighted by atomic mass is 10.2. The van der Waals surface area contributed by atoms with Gasteiger partial charge in [0, 0.05) is 32.7 Å². The summed E-state index contributed by atoms with van der Waals surface area (Å²) in [5.74, 6) is 1.04. The minimum atomic E-state index is -0.0470. The van der Waals surface area contributed by atoms with Crippen molar-refractivity contribution in [3.05, 3.63) is 12.2 Å². The van der Waals surface area contributed by atoms with E-state index in [-0.39, 0.29) is 11.9 Å². The van der Waals surface area contributed by atoms with Crippen LogP contribution in [0.4, 0.5) is 0 Å². The number of carbonyl (C=O) groups is 1. The Balaban J connectivity index is 1.71. The van der Waals surface area contributed by atoms with Gasteiger partial charge in [-0.25, -0.2) is 4.98 Å². The van der Waals surface area contributed by atoms with Gasteiger partial charge in [-0.3, -0.25) is 19.7 Å². The largest absolute Gasteiger partial charge is 0.355 e. The van der Waals surface area contributed by atoms with E-state index >= 15 is 0 Å². The topological polar surface area (TPSA) is 77.2 Å². The van der Waals surface area contributed by atoms with Crippen LogP contribution >= 0.6 is 0 Å². The van der Waals surface area contributed by atoms with E-state index in [0.29, 0.717) is 0 Å². The summed E-state index contributed by atoms with van der Waals surface area (Å²) in [6.07, 6.45) is 3.69. The quantitative estimate of drug-likeness (QED) is 0.704. The van der Waals surface area contributed by atoms with Crippen LogP contribution in [0.1, 0.15) is 32.5 Å². The van der Waals surface area contributed by atoms with Crippen molar-refractivity contribution >= 4 is 5.91 Å². The molecule has 1 amide bonds. The summed E-state index contributed by atoms with van der Waals surface area (Å²) in [7, 11) is 0. The third-order valence-corrected chi connectivity index (χ3v) is 4.00. The highest BCUT2D eigenvalue weighted by Crippen LogP contribution is 2.08. The number of amides is 1. The summed E-state index contributed by atoms with van der Waals surface area (Å²) in [4.78, 5) is 20.8. The van der Waals surface area contributed by atoms with E-state index in [1.165, 1.54) is 6.33 Å². The molecule has 2 N–H and O–H groups in total. The predicted octanol–water partition coefficient (Wildman–Crippen LogP) is 0.227. The first-order chi connectivity index (χ1) is 10.2. The molecule has 118 valence electrons. The number of hydrogen-bond donors (Lipinski definition) is 2. The fraction of sp³-hybridized carbons (Fsp3) is 0.786. The molecule has 2 heterocycles. The van der Waals surface area contributed by atoms with Crippen LogP contribution in [0, 0.1) is 0 Å². The van der Waals surface area contributed by atoms with Crippen molar-refractivity contribution in [1.29, 1.82) is 0 Å². The van der Waals surface area contributed by atoms with Gasteiger partial charge in [-0.1, -0.05) is 13.3 Å². The van der Waals surface area contributed by atoms with Gasteiger partial charge in [-0.2, -0.15) is 5.10 Å². The molecule has 1 atom stereocenters. The van der Waals surface area contributed by atoms with E-state index in [1.807, 2.05) is 6.92 Å². The smallest absolute Gasteiger partial charge is 0.237 e. The number of aromatic amines is 1. The van der Waals surface area contributed by atoms with E-state index in [9.17, 15) is 4.79 Å². The normalized spacial score (nSPS) is 18.6. The third kappa shape index (κ3) is 4.78. The van der Waals surface area contributed by atoms with Crippen molar-refractivity contribution in [2.45, 2.75) is 39.3 Å². The first-order valence-electron chi connectivity index (χ1n) is 7.79. The number of piperazine rings is 1. The Hall–Kier alpha value is -1.47. The van der Waals surface area contributed by atoms with Crippen LogP contribution < -0.4 is 5.32 Å². The van der Waals surface area contributed by atoms with Crippen LogP contribution in [0.2, 0.25) is 0 Å². The molecule has 1 fully saturated rings. The minimum Gasteiger partial charge on any atom is -0.355 e. The zero-order valence-electron chi connectivity index (χ0n) is 13.0. The first kappa shape index (κ1) is 15.9. The Morgan fingerprint density at radius 1 is 1.43 bits per heavy atom. The van der Waals surface area contributed by atoms with Crippen LogP contribution in [-0.2, 0) is 11.3 Å². The lowest BCUT2D eigenvalue weighted by Crippen LogP contribution is -2.53. The van der Waals surface area contributed by atoms with Gasteiger partial charge in [0.1, 0.15) is 12.2 Å². The van der Waals surface area contributed by atoms with Crippen molar-refractivity contribution in [1.82, 2.24) is 30.3 Å². The van der Waals surface area contributed by atoms with Gasteiger partial charge in [0.25, 0.3) is 0 Å². The average molecular weight is 294 g/mol. The Kier molecular flexibility index (Phi) is 6.13. The van der Waals surface area contributed by atoms with Crippen molar-refractivity contribution in [2.75, 3.05) is 32.7 Å². The Morgan fingerprint density at radius 3 is 2.81 bits per heavy atom. The maximum Gasteiger partial charge on any atom is 0.237 e. The van der Waals surface area contributed by atoms with Crippen LogP contribution in [0.3, 0.4) is 0 Å². The number of nitrogens with one attached hydrogen (secondary N) is 2. The van der Waals surface area contributed by atoms with E-state index < -0.39 is 0 Å². The molecule has 0 aromatic carbocycles. The van der Waals surface area contributed by atoms with Gasteiger partial charge in [-0.05, 0) is 13.3 Å². The van der Waals surface area contributed by atoms with Gasteiger partial charge in [-0.15, -0.1) is 0 Å². The fourth-order valence-electron chi connectivity index (χ4n) is 2.53. The molecule has 0 aliphatic carbocycles. The predicted molar refractivity (Wildman–Crippen MR) is 80.6 cm³/mol. The number of nitrogens with zero attached hydrogens (tertiary/aromatic N) is 4. The molecule has 1 aliphatic rings. The van der Waals surface area contributed by atoms with Crippen molar-refractivity contribution in [3.63, 3.8) is 0 Å². The molecule has 0 spiro atoms. The second kappa shape index (κ2) is 8.09. The van der Waals surface area contributed by atoms with Gasteiger partial charge in [0.2, 0.25) is 5.91 Å². The standard InChI is InChI=1S/C14H26N6O/c1-3-4-5-15-14(21)12(2)20-8-6-19(7-9-20)10-13-16-11-17-18-13/h11-12H,3-10H2,1-2H3,(H,15,21)(H,16,17,18). The summed E-state index contributed by atoms with van der Waals surface area (Å²) in [5.41, 5.74) is 0. The van der Waals surface area contributed by atoms with Gasteiger partial charge >= 0.3 is 0 Å². The molecule has 1 aliphatic heterocycles. The van der Waals surface area contributed by atoms with Gasteiger partial charge < -0.3 is 5.32 Å². The summed E-state index contributed by atoms with van der Waals surface area (Å²) >= 11 is 0.